The van der Waals surface area contributed by atoms with Gasteiger partial charge in [0.25, 0.3) is 5.89 Å². The van der Waals surface area contributed by atoms with Gasteiger partial charge in [0.1, 0.15) is 29.1 Å². The first kappa shape index (κ1) is 13.5. The third-order valence-electron chi connectivity index (χ3n) is 2.52. The number of rotatable bonds is 4. The minimum atomic E-state index is -1.14. The molecule has 1 aromatic heterocycles. The summed E-state index contributed by atoms with van der Waals surface area (Å²) in [5.41, 5.74) is -0.608. The lowest BCUT2D eigenvalue weighted by Crippen LogP contribution is -1.99. The predicted octanol–water partition coefficient (Wildman–Crippen LogP) is 2.99. The molecule has 0 amide bonds. The van der Waals surface area contributed by atoms with Crippen LogP contribution in [0.4, 0.5) is 13.2 Å². The minimum absolute atomic E-state index is 0.0556. The lowest BCUT2D eigenvalue weighted by atomic mass is 10.2. The van der Waals surface area contributed by atoms with Crippen LogP contribution in [0.15, 0.2) is 16.7 Å². The summed E-state index contributed by atoms with van der Waals surface area (Å²) in [4.78, 5) is 3.72. The highest BCUT2D eigenvalue weighted by Gasteiger charge is 2.21. The highest BCUT2D eigenvalue weighted by atomic mass is 19.1. The Hall–Kier alpha value is -1.89. The number of halogens is 3. The highest BCUT2D eigenvalue weighted by Crippen LogP contribution is 2.27. The number of hydrogen-bond donors (Lipinski definition) is 1. The van der Waals surface area contributed by atoms with Gasteiger partial charge in [-0.25, -0.2) is 13.2 Å². The van der Waals surface area contributed by atoms with E-state index < -0.39 is 35.0 Å². The molecule has 0 radical (unpaired) electrons. The van der Waals surface area contributed by atoms with E-state index in [-0.39, 0.29) is 5.82 Å². The molecule has 0 spiro atoms. The van der Waals surface area contributed by atoms with Gasteiger partial charge in [0.15, 0.2) is 0 Å². The summed E-state index contributed by atoms with van der Waals surface area (Å²) in [6.07, 6.45) is 0.117. The van der Waals surface area contributed by atoms with Gasteiger partial charge in [-0.15, -0.1) is 0 Å². The maximum absolute atomic E-state index is 13.5. The fourth-order valence-corrected chi connectivity index (χ4v) is 1.62. The third-order valence-corrected chi connectivity index (χ3v) is 2.52. The lowest BCUT2D eigenvalue weighted by Gasteiger charge is -2.02. The van der Waals surface area contributed by atoms with Crippen LogP contribution in [0.1, 0.15) is 31.7 Å². The maximum atomic E-state index is 13.5. The molecule has 0 aliphatic carbocycles. The van der Waals surface area contributed by atoms with Gasteiger partial charge in [0.2, 0.25) is 5.82 Å². The second-order valence-electron chi connectivity index (χ2n) is 4.01. The van der Waals surface area contributed by atoms with Crippen molar-refractivity contribution in [2.75, 3.05) is 0 Å². The Morgan fingerprint density at radius 1 is 1.26 bits per heavy atom. The van der Waals surface area contributed by atoms with Crippen LogP contribution in [0.2, 0.25) is 0 Å². The van der Waals surface area contributed by atoms with Crippen molar-refractivity contribution in [2.24, 2.45) is 0 Å². The number of aliphatic hydroxyl groups is 1. The van der Waals surface area contributed by atoms with E-state index in [0.29, 0.717) is 25.0 Å². The number of nitrogens with zero attached hydrogens (tertiary/aromatic N) is 2. The number of hydrogen-bond acceptors (Lipinski definition) is 4. The van der Waals surface area contributed by atoms with Gasteiger partial charge in [-0.05, 0) is 6.42 Å². The van der Waals surface area contributed by atoms with Gasteiger partial charge >= 0.3 is 0 Å². The molecule has 0 saturated heterocycles. The topological polar surface area (TPSA) is 59.2 Å². The fraction of sp³-hybridized carbons (Fsp3) is 0.333. The predicted molar refractivity (Wildman–Crippen MR) is 59.5 cm³/mol. The van der Waals surface area contributed by atoms with Crippen molar-refractivity contribution in [3.63, 3.8) is 0 Å². The summed E-state index contributed by atoms with van der Waals surface area (Å²) in [6, 6.07) is 1.04. The molecule has 4 nitrogen and oxygen atoms in total. The number of aromatic nitrogens is 2. The van der Waals surface area contributed by atoms with Gasteiger partial charge in [-0.1, -0.05) is 18.5 Å². The molecule has 102 valence electrons. The van der Waals surface area contributed by atoms with Gasteiger partial charge in [-0.3, -0.25) is 0 Å². The molecular weight excluding hydrogens is 261 g/mol. The summed E-state index contributed by atoms with van der Waals surface area (Å²) < 4.78 is 44.4. The van der Waals surface area contributed by atoms with Crippen molar-refractivity contribution in [1.82, 2.24) is 10.1 Å². The van der Waals surface area contributed by atoms with Crippen LogP contribution in [0.3, 0.4) is 0 Å². The van der Waals surface area contributed by atoms with Crippen LogP contribution in [0.25, 0.3) is 11.5 Å². The molecule has 0 bridgehead atoms. The summed E-state index contributed by atoms with van der Waals surface area (Å²) in [5.74, 6) is -3.81. The zero-order valence-electron chi connectivity index (χ0n) is 10.0. The zero-order valence-corrected chi connectivity index (χ0v) is 10.0. The minimum Gasteiger partial charge on any atom is -0.385 e. The van der Waals surface area contributed by atoms with Crippen molar-refractivity contribution >= 4 is 0 Å². The highest BCUT2D eigenvalue weighted by molar-refractivity contribution is 5.54. The van der Waals surface area contributed by atoms with Gasteiger partial charge in [-0.2, -0.15) is 4.98 Å². The number of aliphatic hydroxyl groups excluding tert-OH is 1. The smallest absolute Gasteiger partial charge is 0.263 e. The molecule has 1 aromatic carbocycles. The molecule has 0 aliphatic heterocycles. The molecule has 2 rings (SSSR count). The van der Waals surface area contributed by atoms with E-state index >= 15 is 0 Å². The zero-order chi connectivity index (χ0) is 14.0. The molecule has 7 heteroatoms. The Morgan fingerprint density at radius 3 is 2.47 bits per heavy atom. The Bertz CT molecular complexity index is 563. The number of benzene rings is 1. The average molecular weight is 272 g/mol. The van der Waals surface area contributed by atoms with E-state index in [1.807, 2.05) is 6.92 Å². The van der Waals surface area contributed by atoms with Crippen molar-refractivity contribution in [3.8, 4) is 11.5 Å². The van der Waals surface area contributed by atoms with Crippen LogP contribution >= 0.6 is 0 Å². The van der Waals surface area contributed by atoms with E-state index in [2.05, 4.69) is 10.1 Å². The SMILES string of the molecule is CCCC(O)c1noc(-c2c(F)cc(F)cc2F)n1. The molecule has 0 aliphatic rings. The Kier molecular flexibility index (Phi) is 3.84. The van der Waals surface area contributed by atoms with E-state index in [1.54, 1.807) is 0 Å². The first-order valence-corrected chi connectivity index (χ1v) is 5.69. The second kappa shape index (κ2) is 5.40. The van der Waals surface area contributed by atoms with Crippen molar-refractivity contribution in [1.29, 1.82) is 0 Å². The summed E-state index contributed by atoms with van der Waals surface area (Å²) >= 11 is 0. The van der Waals surface area contributed by atoms with Crippen molar-refractivity contribution in [2.45, 2.75) is 25.9 Å². The van der Waals surface area contributed by atoms with Gasteiger partial charge in [0.05, 0.1) is 0 Å². The summed E-state index contributed by atoms with van der Waals surface area (Å²) in [7, 11) is 0. The lowest BCUT2D eigenvalue weighted by molar-refractivity contribution is 0.153. The largest absolute Gasteiger partial charge is 0.385 e. The normalized spacial score (nSPS) is 12.7. The summed E-state index contributed by atoms with van der Waals surface area (Å²) in [6.45, 7) is 1.85. The molecule has 0 saturated carbocycles. The molecule has 1 atom stereocenters. The molecule has 0 fully saturated rings. The van der Waals surface area contributed by atoms with Crippen molar-refractivity contribution in [3.05, 3.63) is 35.4 Å². The standard InChI is InChI=1S/C12H11F3N2O2/c1-2-3-9(18)11-16-12(19-17-11)10-7(14)4-6(13)5-8(10)15/h4-5,9,18H,2-3H2,1H3. The van der Waals surface area contributed by atoms with E-state index in [0.717, 1.165) is 0 Å². The van der Waals surface area contributed by atoms with Crippen LogP contribution in [0.5, 0.6) is 0 Å². The Balaban J connectivity index is 2.38. The summed E-state index contributed by atoms with van der Waals surface area (Å²) in [5, 5.41) is 13.1. The first-order chi connectivity index (χ1) is 9.02. The third kappa shape index (κ3) is 2.76. The maximum Gasteiger partial charge on any atom is 0.263 e. The van der Waals surface area contributed by atoms with Crippen LogP contribution < -0.4 is 0 Å². The van der Waals surface area contributed by atoms with Crippen molar-refractivity contribution < 1.29 is 22.8 Å². The van der Waals surface area contributed by atoms with E-state index in [9.17, 15) is 18.3 Å². The quantitative estimate of drug-likeness (QED) is 0.929. The monoisotopic (exact) mass is 272 g/mol. The molecule has 2 aromatic rings. The van der Waals surface area contributed by atoms with E-state index in [1.165, 1.54) is 0 Å². The molecule has 1 heterocycles. The molecule has 1 unspecified atom stereocenters. The van der Waals surface area contributed by atoms with Crippen LogP contribution in [-0.4, -0.2) is 15.2 Å². The first-order valence-electron chi connectivity index (χ1n) is 5.69. The van der Waals surface area contributed by atoms with Crippen LogP contribution in [-0.2, 0) is 0 Å². The van der Waals surface area contributed by atoms with Crippen LogP contribution in [0, 0.1) is 17.5 Å². The molecule has 1 N–H and O–H groups in total. The molecular formula is C12H11F3N2O2. The van der Waals surface area contributed by atoms with E-state index in [4.69, 9.17) is 4.52 Å². The Labute approximate surface area is 106 Å². The fourth-order valence-electron chi connectivity index (χ4n) is 1.62. The van der Waals surface area contributed by atoms with Gasteiger partial charge in [0, 0.05) is 12.1 Å². The van der Waals surface area contributed by atoms with Gasteiger partial charge < -0.3 is 9.63 Å². The second-order valence-corrected chi connectivity index (χ2v) is 4.01. The Morgan fingerprint density at radius 2 is 1.89 bits per heavy atom. The molecule has 19 heavy (non-hydrogen) atoms. The average Bonchev–Trinajstić information content (AvgIpc) is 2.77.